The molecule has 5 rings (SSSR count). The summed E-state index contributed by atoms with van der Waals surface area (Å²) < 4.78 is 14.1. The summed E-state index contributed by atoms with van der Waals surface area (Å²) in [4.78, 5) is 39.4. The molecule has 2 aromatic heterocycles. The third kappa shape index (κ3) is 4.20. The quantitative estimate of drug-likeness (QED) is 0.286. The number of benzene rings is 2. The fourth-order valence-corrected chi connectivity index (χ4v) is 4.84. The van der Waals surface area contributed by atoms with Crippen LogP contribution in [0.5, 0.6) is 0 Å². The molecule has 38 heavy (non-hydrogen) atoms. The number of rotatable bonds is 6. The number of allylic oxidation sites excluding steroid dienone is 1. The zero-order valence-corrected chi connectivity index (χ0v) is 20.5. The number of hydrogen-bond donors (Lipinski definition) is 0. The molecule has 0 atom stereocenters. The molecule has 0 N–H and O–H groups in total. The number of nitriles is 1. The van der Waals surface area contributed by atoms with E-state index in [4.69, 9.17) is 5.26 Å². The average molecular weight is 504 g/mol. The summed E-state index contributed by atoms with van der Waals surface area (Å²) in [6.07, 6.45) is 7.85. The molecule has 0 bridgehead atoms. The van der Waals surface area contributed by atoms with Gasteiger partial charge in [0, 0.05) is 43.5 Å². The van der Waals surface area contributed by atoms with Gasteiger partial charge < -0.3 is 4.90 Å². The van der Waals surface area contributed by atoms with E-state index in [2.05, 4.69) is 9.97 Å². The maximum atomic E-state index is 14.5. The first-order chi connectivity index (χ1) is 18.4. The van der Waals surface area contributed by atoms with Gasteiger partial charge in [0.1, 0.15) is 11.6 Å². The van der Waals surface area contributed by atoms with E-state index in [9.17, 15) is 14.0 Å². The largest absolute Gasteiger partial charge is 0.339 e. The Morgan fingerprint density at radius 1 is 0.974 bits per heavy atom. The van der Waals surface area contributed by atoms with Crippen LogP contribution in [0.3, 0.4) is 0 Å². The molecule has 1 aliphatic heterocycles. The predicted molar refractivity (Wildman–Crippen MR) is 138 cm³/mol. The molecule has 4 aromatic rings. The van der Waals surface area contributed by atoms with E-state index in [1.807, 2.05) is 6.07 Å². The topological polar surface area (TPSA) is 90.2 Å². The van der Waals surface area contributed by atoms with E-state index in [0.717, 1.165) is 0 Å². The van der Waals surface area contributed by atoms with Crippen molar-refractivity contribution in [3.05, 3.63) is 143 Å². The number of ketones is 1. The highest BCUT2D eigenvalue weighted by Gasteiger charge is 2.56. The number of pyridine rings is 2. The van der Waals surface area contributed by atoms with Crippen LogP contribution in [0, 0.1) is 17.1 Å². The maximum Gasteiger partial charge on any atom is 0.263 e. The molecule has 1 amide bonds. The van der Waals surface area contributed by atoms with Gasteiger partial charge in [0.05, 0.1) is 18.2 Å². The minimum Gasteiger partial charge on any atom is -0.339 e. The normalized spacial score (nSPS) is 15.5. The molecular formula is C30H22FN5O2. The lowest BCUT2D eigenvalue weighted by Crippen LogP contribution is -2.45. The number of amides is 1. The molecule has 8 heteroatoms. The first-order valence-electron chi connectivity index (χ1n) is 11.8. The lowest BCUT2D eigenvalue weighted by molar-refractivity contribution is -0.132. The smallest absolute Gasteiger partial charge is 0.263 e. The van der Waals surface area contributed by atoms with Gasteiger partial charge in [-0.3, -0.25) is 24.5 Å². The summed E-state index contributed by atoms with van der Waals surface area (Å²) in [5.41, 5.74) is 1.37. The molecule has 3 heterocycles. The Balaban J connectivity index is 1.69. The lowest BCUT2D eigenvalue weighted by atomic mass is 9.82. The van der Waals surface area contributed by atoms with Crippen molar-refractivity contribution in [1.82, 2.24) is 19.8 Å². The zero-order chi connectivity index (χ0) is 26.7. The number of nitrogens with zero attached hydrogens (tertiary/aromatic N) is 5. The van der Waals surface area contributed by atoms with E-state index >= 15 is 0 Å². The highest BCUT2D eigenvalue weighted by Crippen LogP contribution is 2.46. The van der Waals surface area contributed by atoms with Crippen LogP contribution in [0.4, 0.5) is 4.39 Å². The van der Waals surface area contributed by atoms with Gasteiger partial charge in [0.2, 0.25) is 0 Å². The standard InChI is InChI=1S/C30H22FN5O2/c1-35-28(18-27(37)23-7-5-21(19-32)6-8-23)36(20-22-3-2-4-26(31)17-22)29(38)30(35,24-9-13-33-14-10-24)25-11-15-34-16-12-25/h2-18H,20H2,1H3. The van der Waals surface area contributed by atoms with Gasteiger partial charge >= 0.3 is 0 Å². The molecule has 7 nitrogen and oxygen atoms in total. The van der Waals surface area contributed by atoms with E-state index in [-0.39, 0.29) is 18.2 Å². The van der Waals surface area contributed by atoms with Gasteiger partial charge in [-0.25, -0.2) is 4.39 Å². The number of hydrogen-bond acceptors (Lipinski definition) is 6. The number of carbonyl (C=O) groups is 2. The summed E-state index contributed by atoms with van der Waals surface area (Å²) in [6, 6.07) is 21.4. The number of aromatic nitrogens is 2. The van der Waals surface area contributed by atoms with Crippen molar-refractivity contribution >= 4 is 11.7 Å². The molecule has 0 spiro atoms. The molecule has 2 aromatic carbocycles. The second-order valence-corrected chi connectivity index (χ2v) is 8.82. The minimum absolute atomic E-state index is 0.0470. The van der Waals surface area contributed by atoms with Crippen LogP contribution in [0.25, 0.3) is 0 Å². The van der Waals surface area contributed by atoms with E-state index in [1.54, 1.807) is 97.4 Å². The third-order valence-electron chi connectivity index (χ3n) is 6.66. The van der Waals surface area contributed by atoms with E-state index < -0.39 is 11.4 Å². The molecule has 0 radical (unpaired) electrons. The van der Waals surface area contributed by atoms with Crippen LogP contribution in [-0.4, -0.2) is 38.5 Å². The first kappa shape index (κ1) is 24.5. The highest BCUT2D eigenvalue weighted by atomic mass is 19.1. The molecule has 1 aliphatic rings. The third-order valence-corrected chi connectivity index (χ3v) is 6.66. The first-order valence-corrected chi connectivity index (χ1v) is 11.8. The molecular weight excluding hydrogens is 481 g/mol. The van der Waals surface area contributed by atoms with E-state index in [0.29, 0.717) is 33.6 Å². The van der Waals surface area contributed by atoms with Crippen LogP contribution in [0.15, 0.2) is 109 Å². The molecule has 1 fully saturated rings. The lowest BCUT2D eigenvalue weighted by Gasteiger charge is -2.35. The van der Waals surface area contributed by atoms with Crippen LogP contribution < -0.4 is 0 Å². The fraction of sp³-hybridized carbons (Fsp3) is 0.100. The summed E-state index contributed by atoms with van der Waals surface area (Å²) in [6.45, 7) is 0.0470. The van der Waals surface area contributed by atoms with Crippen molar-refractivity contribution in [3.8, 4) is 6.07 Å². The highest BCUT2D eigenvalue weighted by molar-refractivity contribution is 6.06. The van der Waals surface area contributed by atoms with Crippen molar-refractivity contribution in [2.45, 2.75) is 12.1 Å². The number of likely N-dealkylation sites (N-methyl/N-ethyl adjacent to an activating group) is 1. The van der Waals surface area contributed by atoms with Crippen molar-refractivity contribution in [2.75, 3.05) is 7.05 Å². The Hall–Kier alpha value is -5.16. The number of carbonyl (C=O) groups excluding carboxylic acids is 2. The fourth-order valence-electron chi connectivity index (χ4n) is 4.84. The van der Waals surface area contributed by atoms with Crippen molar-refractivity contribution in [2.24, 2.45) is 0 Å². The van der Waals surface area contributed by atoms with Crippen molar-refractivity contribution < 1.29 is 14.0 Å². The Bertz CT molecular complexity index is 1520. The van der Waals surface area contributed by atoms with E-state index in [1.165, 1.54) is 23.1 Å². The Morgan fingerprint density at radius 3 is 2.13 bits per heavy atom. The van der Waals surface area contributed by atoms with Crippen LogP contribution in [-0.2, 0) is 16.9 Å². The zero-order valence-electron chi connectivity index (χ0n) is 20.5. The van der Waals surface area contributed by atoms with Gasteiger partial charge in [-0.15, -0.1) is 0 Å². The molecule has 1 saturated heterocycles. The minimum atomic E-state index is -1.32. The van der Waals surface area contributed by atoms with Crippen LogP contribution in [0.2, 0.25) is 0 Å². The van der Waals surface area contributed by atoms with Crippen LogP contribution in [0.1, 0.15) is 32.6 Å². The predicted octanol–water partition coefficient (Wildman–Crippen LogP) is 4.43. The van der Waals surface area contributed by atoms with Crippen LogP contribution >= 0.6 is 0 Å². The Labute approximate surface area is 219 Å². The van der Waals surface area contributed by atoms with Gasteiger partial charge in [0.25, 0.3) is 5.91 Å². The Morgan fingerprint density at radius 2 is 1.58 bits per heavy atom. The van der Waals surface area contributed by atoms with Gasteiger partial charge in [-0.1, -0.05) is 12.1 Å². The summed E-state index contributed by atoms with van der Waals surface area (Å²) in [5.74, 6) is -0.715. The summed E-state index contributed by atoms with van der Waals surface area (Å²) in [7, 11) is 1.75. The van der Waals surface area contributed by atoms with Crippen molar-refractivity contribution in [3.63, 3.8) is 0 Å². The van der Waals surface area contributed by atoms with Crippen molar-refractivity contribution in [1.29, 1.82) is 5.26 Å². The second-order valence-electron chi connectivity index (χ2n) is 8.82. The monoisotopic (exact) mass is 503 g/mol. The molecule has 186 valence electrons. The summed E-state index contributed by atoms with van der Waals surface area (Å²) >= 11 is 0. The molecule has 0 saturated carbocycles. The molecule has 0 unspecified atom stereocenters. The Kier molecular flexibility index (Phi) is 6.50. The molecule has 0 aliphatic carbocycles. The maximum absolute atomic E-state index is 14.5. The van der Waals surface area contributed by atoms with Gasteiger partial charge in [0.15, 0.2) is 11.3 Å². The number of halogens is 1. The van der Waals surface area contributed by atoms with Gasteiger partial charge in [-0.05, 0) is 77.4 Å². The summed E-state index contributed by atoms with van der Waals surface area (Å²) in [5, 5.41) is 9.10. The second kappa shape index (κ2) is 10.1. The van der Waals surface area contributed by atoms with Gasteiger partial charge in [-0.2, -0.15) is 5.26 Å². The SMILES string of the molecule is CN1C(=CC(=O)c2ccc(C#N)cc2)N(Cc2cccc(F)c2)C(=O)C1(c1ccncc1)c1ccncc1. The average Bonchev–Trinajstić information content (AvgIpc) is 3.15.